The summed E-state index contributed by atoms with van der Waals surface area (Å²) in [5.41, 5.74) is 2.70. The monoisotopic (exact) mass is 353 g/mol. The van der Waals surface area contributed by atoms with Crippen molar-refractivity contribution in [1.29, 1.82) is 0 Å². The number of nitrogens with one attached hydrogen (secondary N) is 2. The van der Waals surface area contributed by atoms with Gasteiger partial charge in [-0.2, -0.15) is 5.10 Å². The predicted octanol–water partition coefficient (Wildman–Crippen LogP) is 1.35. The number of nitrogens with zero attached hydrogens (tertiary/aromatic N) is 2. The van der Waals surface area contributed by atoms with Crippen LogP contribution in [0.15, 0.2) is 35.4 Å². The van der Waals surface area contributed by atoms with Crippen LogP contribution in [-0.2, 0) is 23.1 Å². The van der Waals surface area contributed by atoms with E-state index in [1.807, 2.05) is 24.7 Å². The maximum atomic E-state index is 11.2. The molecule has 0 atom stereocenters. The van der Waals surface area contributed by atoms with Crippen LogP contribution in [0.1, 0.15) is 18.2 Å². The summed E-state index contributed by atoms with van der Waals surface area (Å²) in [6.07, 6.45) is 1.98. The van der Waals surface area contributed by atoms with Gasteiger partial charge >= 0.3 is 0 Å². The Kier molecular flexibility index (Phi) is 5.34. The molecule has 124 valence electrons. The van der Waals surface area contributed by atoms with Crippen LogP contribution < -0.4 is 15.8 Å². The number of rotatable bonds is 5. The Bertz CT molecular complexity index is 797. The highest BCUT2D eigenvalue weighted by molar-refractivity contribution is 7.89. The van der Waals surface area contributed by atoms with Crippen molar-refractivity contribution in [1.82, 2.24) is 15.1 Å². The van der Waals surface area contributed by atoms with Gasteiger partial charge in [-0.15, -0.1) is 0 Å². The molecule has 2 rings (SSSR count). The summed E-state index contributed by atoms with van der Waals surface area (Å²) in [6.45, 7) is 5.36. The lowest BCUT2D eigenvalue weighted by atomic mass is 10.3. The molecule has 1 aromatic carbocycles. The van der Waals surface area contributed by atoms with E-state index in [-0.39, 0.29) is 4.90 Å². The standard InChI is InChI=1S/C14H19N5O2S2/c1-3-19-9-11(10(2)18-19)8-16-14(22)17-12-4-6-13(7-5-12)23(15,20)21/h4-7,9H,3,8H2,1-2H3,(H2,15,20,21)(H2,16,17,22). The van der Waals surface area contributed by atoms with Crippen molar-refractivity contribution in [3.05, 3.63) is 41.7 Å². The molecular formula is C14H19N5O2S2. The molecular weight excluding hydrogens is 334 g/mol. The second kappa shape index (κ2) is 7.07. The van der Waals surface area contributed by atoms with E-state index in [1.165, 1.54) is 12.1 Å². The van der Waals surface area contributed by atoms with Gasteiger partial charge in [-0.25, -0.2) is 13.6 Å². The maximum Gasteiger partial charge on any atom is 0.238 e. The molecule has 0 amide bonds. The lowest BCUT2D eigenvalue weighted by molar-refractivity contribution is 0.598. The largest absolute Gasteiger partial charge is 0.358 e. The van der Waals surface area contributed by atoms with Crippen LogP contribution in [0.4, 0.5) is 5.69 Å². The van der Waals surface area contributed by atoms with E-state index in [0.717, 1.165) is 17.8 Å². The minimum atomic E-state index is -3.68. The SMILES string of the molecule is CCn1cc(CNC(=S)Nc2ccc(S(N)(=O)=O)cc2)c(C)n1. The van der Waals surface area contributed by atoms with Gasteiger partial charge in [0.2, 0.25) is 10.0 Å². The van der Waals surface area contributed by atoms with Gasteiger partial charge in [0.05, 0.1) is 10.6 Å². The Hall–Kier alpha value is -1.97. The van der Waals surface area contributed by atoms with Gasteiger partial charge in [0.1, 0.15) is 0 Å². The molecule has 9 heteroatoms. The first kappa shape index (κ1) is 17.4. The Morgan fingerprint density at radius 2 is 2.00 bits per heavy atom. The van der Waals surface area contributed by atoms with E-state index in [2.05, 4.69) is 15.7 Å². The minimum absolute atomic E-state index is 0.0598. The molecule has 2 aromatic rings. The third-order valence-corrected chi connectivity index (χ3v) is 4.43. The first-order chi connectivity index (χ1) is 10.8. The Morgan fingerprint density at radius 1 is 1.35 bits per heavy atom. The average molecular weight is 353 g/mol. The first-order valence-corrected chi connectivity index (χ1v) is 8.95. The van der Waals surface area contributed by atoms with Crippen LogP contribution in [0.3, 0.4) is 0 Å². The zero-order valence-corrected chi connectivity index (χ0v) is 14.5. The molecule has 7 nitrogen and oxygen atoms in total. The zero-order valence-electron chi connectivity index (χ0n) is 12.9. The number of nitrogens with two attached hydrogens (primary N) is 1. The maximum absolute atomic E-state index is 11.2. The summed E-state index contributed by atoms with van der Waals surface area (Å²) < 4.78 is 24.3. The molecule has 0 fully saturated rings. The van der Waals surface area contributed by atoms with E-state index < -0.39 is 10.0 Å². The number of primary sulfonamides is 1. The van der Waals surface area contributed by atoms with Gasteiger partial charge in [-0.05, 0) is 50.3 Å². The van der Waals surface area contributed by atoms with E-state index in [0.29, 0.717) is 17.3 Å². The summed E-state index contributed by atoms with van der Waals surface area (Å²) in [5, 5.41) is 15.9. The third kappa shape index (κ3) is 4.75. The van der Waals surface area contributed by atoms with Crippen molar-refractivity contribution in [3.8, 4) is 0 Å². The number of aryl methyl sites for hydroxylation is 2. The van der Waals surface area contributed by atoms with E-state index in [4.69, 9.17) is 17.4 Å². The molecule has 0 unspecified atom stereocenters. The molecule has 1 heterocycles. The Morgan fingerprint density at radius 3 is 2.52 bits per heavy atom. The highest BCUT2D eigenvalue weighted by Crippen LogP contribution is 2.12. The van der Waals surface area contributed by atoms with Gasteiger partial charge < -0.3 is 10.6 Å². The van der Waals surface area contributed by atoms with Crippen LogP contribution in [0.25, 0.3) is 0 Å². The topological polar surface area (TPSA) is 102 Å². The van der Waals surface area contributed by atoms with Crippen molar-refractivity contribution in [2.24, 2.45) is 5.14 Å². The average Bonchev–Trinajstić information content (AvgIpc) is 2.85. The molecule has 0 aliphatic heterocycles. The van der Waals surface area contributed by atoms with Gasteiger partial charge in [0, 0.05) is 30.5 Å². The summed E-state index contributed by atoms with van der Waals surface area (Å²) in [4.78, 5) is 0.0598. The number of aromatic nitrogens is 2. The van der Waals surface area contributed by atoms with E-state index in [9.17, 15) is 8.42 Å². The van der Waals surface area contributed by atoms with Gasteiger partial charge in [0.25, 0.3) is 0 Å². The Balaban J connectivity index is 1.93. The van der Waals surface area contributed by atoms with Crippen molar-refractivity contribution in [2.75, 3.05) is 5.32 Å². The molecule has 0 aliphatic rings. The van der Waals surface area contributed by atoms with Gasteiger partial charge in [-0.1, -0.05) is 0 Å². The molecule has 0 saturated carbocycles. The summed E-state index contributed by atoms with van der Waals surface area (Å²) in [5.74, 6) is 0. The molecule has 23 heavy (non-hydrogen) atoms. The van der Waals surface area contributed by atoms with Crippen molar-refractivity contribution >= 4 is 33.0 Å². The third-order valence-electron chi connectivity index (χ3n) is 3.25. The van der Waals surface area contributed by atoms with E-state index in [1.54, 1.807) is 12.1 Å². The van der Waals surface area contributed by atoms with Crippen LogP contribution >= 0.6 is 12.2 Å². The lowest BCUT2D eigenvalue weighted by Crippen LogP contribution is -2.28. The number of hydrogen-bond donors (Lipinski definition) is 3. The smallest absolute Gasteiger partial charge is 0.238 e. The molecule has 0 spiro atoms. The van der Waals surface area contributed by atoms with Gasteiger partial charge in [0.15, 0.2) is 5.11 Å². The van der Waals surface area contributed by atoms with Crippen LogP contribution in [0.5, 0.6) is 0 Å². The minimum Gasteiger partial charge on any atom is -0.358 e. The first-order valence-electron chi connectivity index (χ1n) is 7.00. The summed E-state index contributed by atoms with van der Waals surface area (Å²) in [7, 11) is -3.68. The highest BCUT2D eigenvalue weighted by atomic mass is 32.2. The fourth-order valence-electron chi connectivity index (χ4n) is 1.97. The number of thiocarbonyl (C=S) groups is 1. The highest BCUT2D eigenvalue weighted by Gasteiger charge is 2.08. The molecule has 0 radical (unpaired) electrons. The molecule has 0 bridgehead atoms. The van der Waals surface area contributed by atoms with Crippen molar-refractivity contribution in [3.63, 3.8) is 0 Å². The quantitative estimate of drug-likeness (QED) is 0.701. The van der Waals surface area contributed by atoms with E-state index >= 15 is 0 Å². The number of anilines is 1. The number of sulfonamides is 1. The second-order valence-corrected chi connectivity index (χ2v) is 6.94. The number of benzene rings is 1. The van der Waals surface area contributed by atoms with Crippen LogP contribution in [0, 0.1) is 6.92 Å². The molecule has 0 aliphatic carbocycles. The Labute approximate surface area is 140 Å². The van der Waals surface area contributed by atoms with Crippen LogP contribution in [-0.4, -0.2) is 23.3 Å². The summed E-state index contributed by atoms with van der Waals surface area (Å²) >= 11 is 5.23. The van der Waals surface area contributed by atoms with Crippen molar-refractivity contribution < 1.29 is 8.42 Å². The molecule has 1 aromatic heterocycles. The summed E-state index contributed by atoms with van der Waals surface area (Å²) in [6, 6.07) is 6.06. The second-order valence-electron chi connectivity index (χ2n) is 4.97. The molecule has 4 N–H and O–H groups in total. The fraction of sp³-hybridized carbons (Fsp3) is 0.286. The lowest BCUT2D eigenvalue weighted by Gasteiger charge is -2.10. The van der Waals surface area contributed by atoms with Gasteiger partial charge in [-0.3, -0.25) is 4.68 Å². The van der Waals surface area contributed by atoms with Crippen LogP contribution in [0.2, 0.25) is 0 Å². The number of hydrogen-bond acceptors (Lipinski definition) is 4. The van der Waals surface area contributed by atoms with Crippen molar-refractivity contribution in [2.45, 2.75) is 31.8 Å². The predicted molar refractivity (Wildman–Crippen MR) is 93.5 cm³/mol. The fourth-order valence-corrected chi connectivity index (χ4v) is 2.68. The molecule has 0 saturated heterocycles. The normalized spacial score (nSPS) is 11.3. The zero-order chi connectivity index (χ0) is 17.0.